The summed E-state index contributed by atoms with van der Waals surface area (Å²) in [5.41, 5.74) is 6.01. The molecule has 0 unspecified atom stereocenters. The van der Waals surface area contributed by atoms with E-state index >= 15 is 0 Å². The second-order valence-corrected chi connectivity index (χ2v) is 6.30. The van der Waals surface area contributed by atoms with Crippen LogP contribution in [0.2, 0.25) is 0 Å². The predicted molar refractivity (Wildman–Crippen MR) is 83.0 cm³/mol. The number of amides is 1. The zero-order valence-electron chi connectivity index (χ0n) is 12.4. The smallest absolute Gasteiger partial charge is 0.220 e. The zero-order chi connectivity index (χ0) is 13.6. The van der Waals surface area contributed by atoms with E-state index < -0.39 is 0 Å². The van der Waals surface area contributed by atoms with Crippen LogP contribution in [0, 0.1) is 11.3 Å². The molecule has 2 rings (SSSR count). The van der Waals surface area contributed by atoms with Crippen LogP contribution in [0.3, 0.4) is 0 Å². The third-order valence-electron chi connectivity index (χ3n) is 4.81. The van der Waals surface area contributed by atoms with Crippen LogP contribution < -0.4 is 11.1 Å². The van der Waals surface area contributed by atoms with Gasteiger partial charge in [0, 0.05) is 26.2 Å². The lowest BCUT2D eigenvalue weighted by molar-refractivity contribution is -0.124. The van der Waals surface area contributed by atoms with E-state index in [0.717, 1.165) is 45.4 Å². The van der Waals surface area contributed by atoms with E-state index in [0.29, 0.717) is 18.9 Å². The van der Waals surface area contributed by atoms with Gasteiger partial charge in [-0.05, 0) is 43.6 Å². The number of nitrogens with one attached hydrogen (secondary N) is 1. The van der Waals surface area contributed by atoms with Crippen LogP contribution in [0.1, 0.15) is 51.4 Å². The van der Waals surface area contributed by atoms with E-state index in [-0.39, 0.29) is 23.7 Å². The van der Waals surface area contributed by atoms with Gasteiger partial charge in [-0.25, -0.2) is 0 Å². The summed E-state index contributed by atoms with van der Waals surface area (Å²) in [4.78, 5) is 12.1. The Balaban J connectivity index is 0.00000200. The Morgan fingerprint density at radius 3 is 2.45 bits per heavy atom. The van der Waals surface area contributed by atoms with Crippen molar-refractivity contribution in [2.45, 2.75) is 51.4 Å². The van der Waals surface area contributed by atoms with E-state index in [2.05, 4.69) is 5.32 Å². The molecule has 2 aliphatic rings. The Kier molecular flexibility index (Phi) is 7.85. The Labute approximate surface area is 128 Å². The molecule has 0 aromatic carbocycles. The van der Waals surface area contributed by atoms with Crippen molar-refractivity contribution in [3.8, 4) is 0 Å². The van der Waals surface area contributed by atoms with Gasteiger partial charge in [0.1, 0.15) is 0 Å². The molecular weight excluding hydrogens is 276 g/mol. The minimum atomic E-state index is 0. The highest BCUT2D eigenvalue weighted by atomic mass is 35.5. The molecule has 0 radical (unpaired) electrons. The summed E-state index contributed by atoms with van der Waals surface area (Å²) in [6.07, 6.45) is 8.75. The molecule has 0 spiro atoms. The van der Waals surface area contributed by atoms with Crippen LogP contribution in [0.4, 0.5) is 0 Å². The molecule has 118 valence electrons. The highest BCUT2D eigenvalue weighted by molar-refractivity contribution is 5.85. The number of halogens is 1. The third-order valence-corrected chi connectivity index (χ3v) is 4.81. The third kappa shape index (κ3) is 5.23. The maximum Gasteiger partial charge on any atom is 0.220 e. The van der Waals surface area contributed by atoms with Crippen molar-refractivity contribution in [1.82, 2.24) is 5.32 Å². The molecule has 3 N–H and O–H groups in total. The Morgan fingerprint density at radius 1 is 1.20 bits per heavy atom. The maximum atomic E-state index is 12.1. The maximum absolute atomic E-state index is 12.1. The van der Waals surface area contributed by atoms with Gasteiger partial charge in [0.15, 0.2) is 0 Å². The first kappa shape index (κ1) is 17.7. The molecule has 0 aromatic heterocycles. The molecule has 2 fully saturated rings. The number of carbonyl (C=O) groups excluding carboxylic acids is 1. The lowest BCUT2D eigenvalue weighted by Gasteiger charge is -2.35. The second-order valence-electron chi connectivity index (χ2n) is 6.30. The van der Waals surface area contributed by atoms with Crippen molar-refractivity contribution < 1.29 is 9.53 Å². The van der Waals surface area contributed by atoms with Crippen molar-refractivity contribution in [3.63, 3.8) is 0 Å². The van der Waals surface area contributed by atoms with Crippen LogP contribution in [0.5, 0.6) is 0 Å². The fraction of sp³-hybridized carbons (Fsp3) is 0.933. The largest absolute Gasteiger partial charge is 0.381 e. The molecule has 1 aliphatic carbocycles. The van der Waals surface area contributed by atoms with Crippen LogP contribution in [-0.2, 0) is 9.53 Å². The molecule has 0 atom stereocenters. The lowest BCUT2D eigenvalue weighted by atomic mass is 9.71. The van der Waals surface area contributed by atoms with Gasteiger partial charge in [0.25, 0.3) is 0 Å². The molecule has 1 heterocycles. The van der Waals surface area contributed by atoms with Crippen molar-refractivity contribution >= 4 is 18.3 Å². The van der Waals surface area contributed by atoms with Crippen LogP contribution in [0.25, 0.3) is 0 Å². The number of hydrogen-bond donors (Lipinski definition) is 2. The molecule has 20 heavy (non-hydrogen) atoms. The van der Waals surface area contributed by atoms with E-state index in [4.69, 9.17) is 10.5 Å². The minimum Gasteiger partial charge on any atom is -0.381 e. The van der Waals surface area contributed by atoms with Gasteiger partial charge in [0.05, 0.1) is 0 Å². The van der Waals surface area contributed by atoms with Crippen LogP contribution >= 0.6 is 12.4 Å². The number of rotatable bonds is 5. The van der Waals surface area contributed by atoms with Gasteiger partial charge in [-0.2, -0.15) is 0 Å². The molecule has 1 aliphatic heterocycles. The van der Waals surface area contributed by atoms with E-state index in [1.807, 2.05) is 0 Å². The first-order valence-corrected chi connectivity index (χ1v) is 7.79. The summed E-state index contributed by atoms with van der Waals surface area (Å²) in [6, 6.07) is 0. The van der Waals surface area contributed by atoms with E-state index in [1.54, 1.807) is 0 Å². The topological polar surface area (TPSA) is 64.4 Å². The van der Waals surface area contributed by atoms with E-state index in [1.165, 1.54) is 19.3 Å². The molecule has 1 saturated heterocycles. The fourth-order valence-corrected chi connectivity index (χ4v) is 3.37. The summed E-state index contributed by atoms with van der Waals surface area (Å²) < 4.78 is 5.33. The summed E-state index contributed by atoms with van der Waals surface area (Å²) in [7, 11) is 0. The number of nitrogens with two attached hydrogens (primary N) is 1. The molecule has 5 heteroatoms. The number of carbonyl (C=O) groups is 1. The highest BCUT2D eigenvalue weighted by Gasteiger charge is 2.33. The summed E-state index contributed by atoms with van der Waals surface area (Å²) in [5.74, 6) is 0.789. The van der Waals surface area contributed by atoms with Gasteiger partial charge in [-0.3, -0.25) is 4.79 Å². The summed E-state index contributed by atoms with van der Waals surface area (Å²) in [5, 5.41) is 3.11. The zero-order valence-corrected chi connectivity index (χ0v) is 13.2. The molecule has 1 amide bonds. The van der Waals surface area contributed by atoms with Crippen molar-refractivity contribution in [3.05, 3.63) is 0 Å². The van der Waals surface area contributed by atoms with Gasteiger partial charge in [-0.15, -0.1) is 12.4 Å². The number of hydrogen-bond acceptors (Lipinski definition) is 3. The second kappa shape index (κ2) is 8.85. The molecule has 0 aromatic rings. The Morgan fingerprint density at radius 2 is 1.85 bits per heavy atom. The van der Waals surface area contributed by atoms with E-state index in [9.17, 15) is 4.79 Å². The SMILES string of the molecule is Cl.NCC1(CC(=O)NCC2CCOCC2)CCCCC1. The van der Waals surface area contributed by atoms with Crippen LogP contribution in [0.15, 0.2) is 0 Å². The van der Waals surface area contributed by atoms with Gasteiger partial charge < -0.3 is 15.8 Å². The Bertz CT molecular complexity index is 288. The molecule has 4 nitrogen and oxygen atoms in total. The van der Waals surface area contributed by atoms with Gasteiger partial charge in [0.2, 0.25) is 5.91 Å². The predicted octanol–water partition coefficient (Wildman–Crippen LogP) is 2.25. The standard InChI is InChI=1S/C15H28N2O2.ClH/c16-12-15(6-2-1-3-7-15)10-14(18)17-11-13-4-8-19-9-5-13;/h13H,1-12,16H2,(H,17,18);1H. The lowest BCUT2D eigenvalue weighted by Crippen LogP contribution is -2.40. The highest BCUT2D eigenvalue weighted by Crippen LogP contribution is 2.38. The monoisotopic (exact) mass is 304 g/mol. The summed E-state index contributed by atoms with van der Waals surface area (Å²) in [6.45, 7) is 3.14. The average Bonchev–Trinajstić information content (AvgIpc) is 2.47. The molecule has 1 saturated carbocycles. The average molecular weight is 305 g/mol. The number of ether oxygens (including phenoxy) is 1. The van der Waals surface area contributed by atoms with Crippen LogP contribution in [-0.4, -0.2) is 32.2 Å². The first-order chi connectivity index (χ1) is 9.24. The Hall–Kier alpha value is -0.320. The van der Waals surface area contributed by atoms with Crippen molar-refractivity contribution in [1.29, 1.82) is 0 Å². The fourth-order valence-electron chi connectivity index (χ4n) is 3.37. The quantitative estimate of drug-likeness (QED) is 0.819. The van der Waals surface area contributed by atoms with Crippen molar-refractivity contribution in [2.24, 2.45) is 17.1 Å². The normalized spacial score (nSPS) is 22.9. The van der Waals surface area contributed by atoms with Crippen molar-refractivity contribution in [2.75, 3.05) is 26.3 Å². The molecular formula is C15H29ClN2O2. The minimum absolute atomic E-state index is 0. The first-order valence-electron chi connectivity index (χ1n) is 7.79. The molecule has 0 bridgehead atoms. The van der Waals surface area contributed by atoms with Gasteiger partial charge >= 0.3 is 0 Å². The van der Waals surface area contributed by atoms with Gasteiger partial charge in [-0.1, -0.05) is 19.3 Å². The summed E-state index contributed by atoms with van der Waals surface area (Å²) >= 11 is 0.